The number of anilines is 1. The Hall–Kier alpha value is -1.15. The highest BCUT2D eigenvalue weighted by Gasteiger charge is 2.30. The monoisotopic (exact) mass is 415 g/mol. The Balaban J connectivity index is 1.77. The lowest BCUT2D eigenvalue weighted by Crippen LogP contribution is -2.49. The SMILES string of the molecule is O=S(=O)(c1ccccc1Br)N1CCN(c2ncccc2Cl)CC1. The third kappa shape index (κ3) is 3.38. The fourth-order valence-electron chi connectivity index (χ4n) is 2.54. The Morgan fingerprint density at radius 2 is 1.74 bits per heavy atom. The molecule has 122 valence electrons. The lowest BCUT2D eigenvalue weighted by atomic mass is 10.3. The molecule has 23 heavy (non-hydrogen) atoms. The Kier molecular flexibility index (Phi) is 4.91. The maximum absolute atomic E-state index is 12.8. The quantitative estimate of drug-likeness (QED) is 0.772. The van der Waals surface area contributed by atoms with Crippen molar-refractivity contribution >= 4 is 43.4 Å². The van der Waals surface area contributed by atoms with Crippen molar-refractivity contribution < 1.29 is 8.42 Å². The number of rotatable bonds is 3. The molecule has 5 nitrogen and oxygen atoms in total. The van der Waals surface area contributed by atoms with E-state index < -0.39 is 10.0 Å². The zero-order chi connectivity index (χ0) is 16.4. The van der Waals surface area contributed by atoms with Crippen molar-refractivity contribution in [3.05, 3.63) is 52.1 Å². The van der Waals surface area contributed by atoms with E-state index in [2.05, 4.69) is 20.9 Å². The summed E-state index contributed by atoms with van der Waals surface area (Å²) in [7, 11) is -3.50. The summed E-state index contributed by atoms with van der Waals surface area (Å²) in [6.07, 6.45) is 1.69. The van der Waals surface area contributed by atoms with E-state index in [1.165, 1.54) is 4.31 Å². The average Bonchev–Trinajstić information content (AvgIpc) is 2.56. The molecule has 0 radical (unpaired) electrons. The van der Waals surface area contributed by atoms with Crippen molar-refractivity contribution in [1.29, 1.82) is 0 Å². The lowest BCUT2D eigenvalue weighted by molar-refractivity contribution is 0.383. The van der Waals surface area contributed by atoms with Gasteiger partial charge in [0.1, 0.15) is 5.82 Å². The van der Waals surface area contributed by atoms with Crippen molar-refractivity contribution in [2.24, 2.45) is 0 Å². The third-order valence-corrected chi connectivity index (χ3v) is 6.94. The second kappa shape index (κ2) is 6.76. The summed E-state index contributed by atoms with van der Waals surface area (Å²) in [5.41, 5.74) is 0. The second-order valence-corrected chi connectivity index (χ2v) is 8.30. The van der Waals surface area contributed by atoms with E-state index in [-0.39, 0.29) is 0 Å². The fraction of sp³-hybridized carbons (Fsp3) is 0.267. The molecule has 0 unspecified atom stereocenters. The van der Waals surface area contributed by atoms with Gasteiger partial charge in [0.15, 0.2) is 0 Å². The Bertz CT molecular complexity index is 808. The van der Waals surface area contributed by atoms with Gasteiger partial charge in [-0.1, -0.05) is 23.7 Å². The number of benzene rings is 1. The van der Waals surface area contributed by atoms with Crippen LogP contribution < -0.4 is 4.90 Å². The van der Waals surface area contributed by atoms with Gasteiger partial charge in [-0.05, 0) is 40.2 Å². The summed E-state index contributed by atoms with van der Waals surface area (Å²) in [5, 5.41) is 0.578. The number of pyridine rings is 1. The van der Waals surface area contributed by atoms with E-state index in [0.29, 0.717) is 46.4 Å². The number of aromatic nitrogens is 1. The Labute approximate surface area is 149 Å². The maximum Gasteiger partial charge on any atom is 0.244 e. The largest absolute Gasteiger partial charge is 0.353 e. The summed E-state index contributed by atoms with van der Waals surface area (Å²) in [5.74, 6) is 0.701. The molecule has 0 N–H and O–H groups in total. The van der Waals surface area contributed by atoms with Gasteiger partial charge in [-0.3, -0.25) is 0 Å². The van der Waals surface area contributed by atoms with Crippen LogP contribution in [0.5, 0.6) is 0 Å². The predicted molar refractivity (Wildman–Crippen MR) is 94.4 cm³/mol. The molecule has 0 amide bonds. The van der Waals surface area contributed by atoms with Gasteiger partial charge in [0.2, 0.25) is 10.0 Å². The minimum atomic E-state index is -3.50. The van der Waals surface area contributed by atoms with Crippen LogP contribution in [0.1, 0.15) is 0 Å². The molecule has 1 saturated heterocycles. The van der Waals surface area contributed by atoms with Gasteiger partial charge in [-0.2, -0.15) is 4.31 Å². The van der Waals surface area contributed by atoms with E-state index in [4.69, 9.17) is 11.6 Å². The van der Waals surface area contributed by atoms with Gasteiger partial charge >= 0.3 is 0 Å². The predicted octanol–water partition coefficient (Wildman–Crippen LogP) is 3.01. The minimum Gasteiger partial charge on any atom is -0.353 e. The van der Waals surface area contributed by atoms with Gasteiger partial charge in [0, 0.05) is 36.8 Å². The molecule has 8 heteroatoms. The first-order chi connectivity index (χ1) is 11.0. The van der Waals surface area contributed by atoms with Gasteiger partial charge in [0.05, 0.1) is 9.92 Å². The number of sulfonamides is 1. The van der Waals surface area contributed by atoms with E-state index >= 15 is 0 Å². The van der Waals surface area contributed by atoms with Crippen LogP contribution in [0.15, 0.2) is 52.0 Å². The van der Waals surface area contributed by atoms with Gasteiger partial charge in [0.25, 0.3) is 0 Å². The highest BCUT2D eigenvalue weighted by molar-refractivity contribution is 9.10. The normalized spacial score (nSPS) is 16.5. The lowest BCUT2D eigenvalue weighted by Gasteiger charge is -2.35. The summed E-state index contributed by atoms with van der Waals surface area (Å²) in [6.45, 7) is 1.91. The third-order valence-electron chi connectivity index (χ3n) is 3.73. The molecule has 1 aliphatic rings. The van der Waals surface area contributed by atoms with Crippen molar-refractivity contribution in [2.75, 3.05) is 31.1 Å². The molecule has 0 bridgehead atoms. The number of halogens is 2. The molecule has 0 atom stereocenters. The zero-order valence-electron chi connectivity index (χ0n) is 12.2. The highest BCUT2D eigenvalue weighted by Crippen LogP contribution is 2.27. The van der Waals surface area contributed by atoms with E-state index in [1.54, 1.807) is 42.6 Å². The van der Waals surface area contributed by atoms with Crippen LogP contribution in [-0.4, -0.2) is 43.9 Å². The van der Waals surface area contributed by atoms with Crippen LogP contribution in [0, 0.1) is 0 Å². The van der Waals surface area contributed by atoms with Crippen molar-refractivity contribution in [3.63, 3.8) is 0 Å². The number of hydrogen-bond donors (Lipinski definition) is 0. The fourth-order valence-corrected chi connectivity index (χ4v) is 5.17. The van der Waals surface area contributed by atoms with Crippen LogP contribution in [0.25, 0.3) is 0 Å². The molecule has 0 aliphatic carbocycles. The Morgan fingerprint density at radius 3 is 2.39 bits per heavy atom. The first kappa shape index (κ1) is 16.7. The summed E-state index contributed by atoms with van der Waals surface area (Å²) in [4.78, 5) is 6.58. The molecular formula is C15H15BrClN3O2S. The molecule has 1 fully saturated rings. The van der Waals surface area contributed by atoms with Crippen LogP contribution in [-0.2, 0) is 10.0 Å². The molecule has 1 aromatic heterocycles. The van der Waals surface area contributed by atoms with Crippen molar-refractivity contribution in [1.82, 2.24) is 9.29 Å². The first-order valence-electron chi connectivity index (χ1n) is 7.10. The number of piperazine rings is 1. The van der Waals surface area contributed by atoms with E-state index in [0.717, 1.165) is 0 Å². The van der Waals surface area contributed by atoms with Gasteiger partial charge in [-0.15, -0.1) is 0 Å². The highest BCUT2D eigenvalue weighted by atomic mass is 79.9. The molecule has 2 aromatic rings. The summed E-state index contributed by atoms with van der Waals surface area (Å²) < 4.78 is 27.6. The molecule has 1 aromatic carbocycles. The van der Waals surface area contributed by atoms with E-state index in [9.17, 15) is 8.42 Å². The van der Waals surface area contributed by atoms with Crippen molar-refractivity contribution in [3.8, 4) is 0 Å². The summed E-state index contributed by atoms with van der Waals surface area (Å²) in [6, 6.07) is 10.4. The molecular weight excluding hydrogens is 402 g/mol. The van der Waals surface area contributed by atoms with Crippen LogP contribution >= 0.6 is 27.5 Å². The van der Waals surface area contributed by atoms with Crippen LogP contribution in [0.4, 0.5) is 5.82 Å². The minimum absolute atomic E-state index is 0.296. The Morgan fingerprint density at radius 1 is 1.04 bits per heavy atom. The first-order valence-corrected chi connectivity index (χ1v) is 9.71. The van der Waals surface area contributed by atoms with Crippen LogP contribution in [0.2, 0.25) is 5.02 Å². The van der Waals surface area contributed by atoms with E-state index in [1.807, 2.05) is 4.90 Å². The molecule has 0 spiro atoms. The standard InChI is InChI=1S/C15H15BrClN3O2S/c16-12-4-1-2-6-14(12)23(21,22)20-10-8-19(9-11-20)15-13(17)5-3-7-18-15/h1-7H,8-11H2. The van der Waals surface area contributed by atoms with Crippen LogP contribution in [0.3, 0.4) is 0 Å². The number of hydrogen-bond acceptors (Lipinski definition) is 4. The molecule has 1 aliphatic heterocycles. The molecule has 0 saturated carbocycles. The van der Waals surface area contributed by atoms with Gasteiger partial charge in [-0.25, -0.2) is 13.4 Å². The topological polar surface area (TPSA) is 53.5 Å². The number of nitrogens with zero attached hydrogens (tertiary/aromatic N) is 3. The second-order valence-electron chi connectivity index (χ2n) is 5.13. The zero-order valence-corrected chi connectivity index (χ0v) is 15.4. The maximum atomic E-state index is 12.8. The summed E-state index contributed by atoms with van der Waals surface area (Å²) >= 11 is 9.47. The molecule has 2 heterocycles. The van der Waals surface area contributed by atoms with Crippen molar-refractivity contribution in [2.45, 2.75) is 4.90 Å². The average molecular weight is 417 g/mol. The molecule has 3 rings (SSSR count). The smallest absolute Gasteiger partial charge is 0.244 e. The van der Waals surface area contributed by atoms with Gasteiger partial charge < -0.3 is 4.90 Å².